The molecule has 132 valence electrons. The van der Waals surface area contributed by atoms with Crippen molar-refractivity contribution >= 4 is 29.1 Å². The van der Waals surface area contributed by atoms with Gasteiger partial charge in [-0.3, -0.25) is 9.59 Å². The van der Waals surface area contributed by atoms with Gasteiger partial charge in [0.1, 0.15) is 5.75 Å². The first kappa shape index (κ1) is 18.8. The van der Waals surface area contributed by atoms with Crippen LogP contribution in [0.5, 0.6) is 5.75 Å². The van der Waals surface area contributed by atoms with Crippen molar-refractivity contribution in [2.24, 2.45) is 0 Å². The van der Waals surface area contributed by atoms with E-state index in [4.69, 9.17) is 16.3 Å². The average Bonchev–Trinajstić information content (AvgIpc) is 2.53. The van der Waals surface area contributed by atoms with Gasteiger partial charge >= 0.3 is 0 Å². The summed E-state index contributed by atoms with van der Waals surface area (Å²) in [5, 5.41) is 5.98. The first-order valence-corrected chi connectivity index (χ1v) is 8.22. The van der Waals surface area contributed by atoms with Crippen LogP contribution in [0, 0.1) is 0 Å². The highest BCUT2D eigenvalue weighted by Gasteiger charge is 2.17. The van der Waals surface area contributed by atoms with Crippen LogP contribution in [-0.2, 0) is 4.79 Å². The number of ether oxygens (including phenoxy) is 1. The molecule has 2 rings (SSSR count). The van der Waals surface area contributed by atoms with Crippen LogP contribution < -0.4 is 15.4 Å². The SMILES string of the molecule is CC(C)(C)NC(=O)COc1ccc(Cl)cc1C(=O)Nc1ccccc1. The lowest BCUT2D eigenvalue weighted by molar-refractivity contribution is -0.124. The predicted molar refractivity (Wildman–Crippen MR) is 99.2 cm³/mol. The summed E-state index contributed by atoms with van der Waals surface area (Å²) >= 11 is 6.00. The third-order valence-electron chi connectivity index (χ3n) is 3.09. The van der Waals surface area contributed by atoms with Crippen LogP contribution in [-0.4, -0.2) is 24.0 Å². The summed E-state index contributed by atoms with van der Waals surface area (Å²) in [6.45, 7) is 5.45. The number of anilines is 1. The van der Waals surface area contributed by atoms with E-state index in [1.165, 1.54) is 6.07 Å². The van der Waals surface area contributed by atoms with E-state index >= 15 is 0 Å². The molecule has 0 aromatic heterocycles. The fourth-order valence-corrected chi connectivity index (χ4v) is 2.30. The molecule has 0 spiro atoms. The number of hydrogen-bond acceptors (Lipinski definition) is 3. The van der Waals surface area contributed by atoms with Gasteiger partial charge in [-0.1, -0.05) is 29.8 Å². The molecule has 0 aliphatic rings. The van der Waals surface area contributed by atoms with Crippen molar-refractivity contribution in [3.63, 3.8) is 0 Å². The quantitative estimate of drug-likeness (QED) is 0.850. The molecule has 0 heterocycles. The van der Waals surface area contributed by atoms with Gasteiger partial charge in [-0.2, -0.15) is 0 Å². The van der Waals surface area contributed by atoms with Gasteiger partial charge < -0.3 is 15.4 Å². The molecule has 6 heteroatoms. The van der Waals surface area contributed by atoms with Crippen LogP contribution in [0.25, 0.3) is 0 Å². The van der Waals surface area contributed by atoms with Crippen LogP contribution in [0.3, 0.4) is 0 Å². The minimum absolute atomic E-state index is 0.190. The Morgan fingerprint density at radius 1 is 1.08 bits per heavy atom. The molecule has 0 aliphatic heterocycles. The molecule has 2 amide bonds. The van der Waals surface area contributed by atoms with E-state index in [1.54, 1.807) is 24.3 Å². The van der Waals surface area contributed by atoms with Crippen molar-refractivity contribution in [1.82, 2.24) is 5.32 Å². The van der Waals surface area contributed by atoms with Gasteiger partial charge in [-0.15, -0.1) is 0 Å². The zero-order chi connectivity index (χ0) is 18.4. The molecule has 2 N–H and O–H groups in total. The normalized spacial score (nSPS) is 10.9. The maximum atomic E-state index is 12.5. The lowest BCUT2D eigenvalue weighted by Gasteiger charge is -2.20. The van der Waals surface area contributed by atoms with Crippen LogP contribution in [0.1, 0.15) is 31.1 Å². The monoisotopic (exact) mass is 360 g/mol. The minimum atomic E-state index is -0.361. The highest BCUT2D eigenvalue weighted by Crippen LogP contribution is 2.24. The van der Waals surface area contributed by atoms with Crippen molar-refractivity contribution in [2.45, 2.75) is 26.3 Å². The van der Waals surface area contributed by atoms with Crippen LogP contribution in [0.15, 0.2) is 48.5 Å². The molecule has 0 saturated carbocycles. The second kappa shape index (κ2) is 8.03. The van der Waals surface area contributed by atoms with Gasteiger partial charge in [0.05, 0.1) is 5.56 Å². The van der Waals surface area contributed by atoms with Gasteiger partial charge in [-0.25, -0.2) is 0 Å². The van der Waals surface area contributed by atoms with Crippen molar-refractivity contribution in [3.05, 3.63) is 59.1 Å². The fraction of sp³-hybridized carbons (Fsp3) is 0.263. The van der Waals surface area contributed by atoms with Crippen molar-refractivity contribution < 1.29 is 14.3 Å². The largest absolute Gasteiger partial charge is 0.483 e. The Hall–Kier alpha value is -2.53. The standard InChI is InChI=1S/C19H21ClN2O3/c1-19(2,3)22-17(23)12-25-16-10-9-13(20)11-15(16)18(24)21-14-7-5-4-6-8-14/h4-11H,12H2,1-3H3,(H,21,24)(H,22,23). The van der Waals surface area contributed by atoms with E-state index in [2.05, 4.69) is 10.6 Å². The minimum Gasteiger partial charge on any atom is -0.483 e. The Labute approximate surface area is 152 Å². The van der Waals surface area contributed by atoms with E-state index < -0.39 is 0 Å². The third kappa shape index (κ3) is 6.12. The van der Waals surface area contributed by atoms with E-state index in [9.17, 15) is 9.59 Å². The molecular weight excluding hydrogens is 340 g/mol. The lowest BCUT2D eigenvalue weighted by atomic mass is 10.1. The summed E-state index contributed by atoms with van der Waals surface area (Å²) in [5.41, 5.74) is 0.567. The number of carbonyl (C=O) groups excluding carboxylic acids is 2. The van der Waals surface area contributed by atoms with Crippen LogP contribution >= 0.6 is 11.6 Å². The number of halogens is 1. The molecule has 0 saturated heterocycles. The molecule has 5 nitrogen and oxygen atoms in total. The first-order chi connectivity index (χ1) is 11.7. The Balaban J connectivity index is 2.11. The lowest BCUT2D eigenvalue weighted by Crippen LogP contribution is -2.43. The number of benzene rings is 2. The van der Waals surface area contributed by atoms with E-state index in [0.29, 0.717) is 16.5 Å². The summed E-state index contributed by atoms with van der Waals surface area (Å²) in [6.07, 6.45) is 0. The first-order valence-electron chi connectivity index (χ1n) is 7.84. The van der Waals surface area contributed by atoms with Crippen molar-refractivity contribution in [2.75, 3.05) is 11.9 Å². The second-order valence-corrected chi connectivity index (χ2v) is 6.98. The Morgan fingerprint density at radius 3 is 2.40 bits per heavy atom. The van der Waals surface area contributed by atoms with E-state index in [0.717, 1.165) is 0 Å². The number of hydrogen-bond donors (Lipinski definition) is 2. The number of para-hydroxylation sites is 1. The molecular formula is C19H21ClN2O3. The number of carbonyl (C=O) groups is 2. The van der Waals surface area contributed by atoms with Gasteiger partial charge in [0.15, 0.2) is 6.61 Å². The summed E-state index contributed by atoms with van der Waals surface area (Å²) in [5.74, 6) is -0.335. The zero-order valence-electron chi connectivity index (χ0n) is 14.4. The molecule has 25 heavy (non-hydrogen) atoms. The van der Waals surface area contributed by atoms with Gasteiger partial charge in [0.25, 0.3) is 11.8 Å². The average molecular weight is 361 g/mol. The molecule has 0 unspecified atom stereocenters. The van der Waals surface area contributed by atoms with Crippen molar-refractivity contribution in [1.29, 1.82) is 0 Å². The number of nitrogens with one attached hydrogen (secondary N) is 2. The number of amides is 2. The molecule has 0 fully saturated rings. The number of rotatable bonds is 5. The van der Waals surface area contributed by atoms with Gasteiger partial charge in [0, 0.05) is 16.2 Å². The maximum absolute atomic E-state index is 12.5. The summed E-state index contributed by atoms with van der Waals surface area (Å²) < 4.78 is 5.53. The maximum Gasteiger partial charge on any atom is 0.259 e. The van der Waals surface area contributed by atoms with E-state index in [1.807, 2.05) is 39.0 Å². The predicted octanol–water partition coefficient (Wildman–Crippen LogP) is 3.89. The highest BCUT2D eigenvalue weighted by molar-refractivity contribution is 6.31. The summed E-state index contributed by atoms with van der Waals surface area (Å²) in [7, 11) is 0. The van der Waals surface area contributed by atoms with Crippen molar-refractivity contribution in [3.8, 4) is 5.75 Å². The van der Waals surface area contributed by atoms with Gasteiger partial charge in [-0.05, 0) is 51.1 Å². The Morgan fingerprint density at radius 2 is 1.76 bits per heavy atom. The zero-order valence-corrected chi connectivity index (χ0v) is 15.2. The second-order valence-electron chi connectivity index (χ2n) is 6.55. The molecule has 0 atom stereocenters. The summed E-state index contributed by atoms with van der Waals surface area (Å²) in [4.78, 5) is 24.4. The molecule has 0 bridgehead atoms. The highest BCUT2D eigenvalue weighted by atomic mass is 35.5. The van der Waals surface area contributed by atoms with Gasteiger partial charge in [0.2, 0.25) is 0 Å². The molecule has 2 aromatic carbocycles. The van der Waals surface area contributed by atoms with Crippen LogP contribution in [0.4, 0.5) is 5.69 Å². The van der Waals surface area contributed by atoms with Crippen LogP contribution in [0.2, 0.25) is 5.02 Å². The van der Waals surface area contributed by atoms with E-state index in [-0.39, 0.29) is 29.5 Å². The fourth-order valence-electron chi connectivity index (χ4n) is 2.12. The molecule has 0 aliphatic carbocycles. The molecule has 0 radical (unpaired) electrons. The summed E-state index contributed by atoms with van der Waals surface area (Å²) in [6, 6.07) is 13.8. The Kier molecular flexibility index (Phi) is 6.04. The smallest absolute Gasteiger partial charge is 0.259 e. The third-order valence-corrected chi connectivity index (χ3v) is 3.33. The molecule has 2 aromatic rings. The topological polar surface area (TPSA) is 67.4 Å². The Bertz CT molecular complexity index is 755.